The first-order valence-electron chi connectivity index (χ1n) is 18.5. The van der Waals surface area contributed by atoms with E-state index in [4.69, 9.17) is 13.8 Å². The molecule has 0 amide bonds. The predicted octanol–water partition coefficient (Wildman–Crippen LogP) is 14.5. The first-order chi connectivity index (χ1) is 27.3. The topological polar surface area (TPSA) is 42.4 Å². The first kappa shape index (κ1) is 31.1. The fraction of sp³-hybridized carbons (Fsp3) is 0. The van der Waals surface area contributed by atoms with Gasteiger partial charge in [-0.3, -0.25) is 0 Å². The number of fused-ring (bicyclic) bond motifs is 7. The van der Waals surface area contributed by atoms with Gasteiger partial charge in [0.15, 0.2) is 5.58 Å². The molecular weight excluding hydrogens is 673 g/mol. The van der Waals surface area contributed by atoms with Crippen molar-refractivity contribution < 1.29 is 8.83 Å². The number of para-hydroxylation sites is 2. The summed E-state index contributed by atoms with van der Waals surface area (Å²) < 4.78 is 13.0. The van der Waals surface area contributed by atoms with Crippen LogP contribution in [0.15, 0.2) is 203 Å². The third kappa shape index (κ3) is 5.19. The number of anilines is 3. The second-order valence-corrected chi connectivity index (χ2v) is 13.9. The Labute approximate surface area is 317 Å². The molecule has 0 saturated heterocycles. The Bertz CT molecular complexity index is 3180. The average Bonchev–Trinajstić information content (AvgIpc) is 3.85. The van der Waals surface area contributed by atoms with Crippen LogP contribution in [0, 0.1) is 0 Å². The summed E-state index contributed by atoms with van der Waals surface area (Å²) in [6.07, 6.45) is 0. The fourth-order valence-electron chi connectivity index (χ4n) is 8.10. The molecule has 258 valence electrons. The molecule has 0 radical (unpaired) electrons. The number of rotatable bonds is 6. The lowest BCUT2D eigenvalue weighted by Gasteiger charge is -2.26. The van der Waals surface area contributed by atoms with E-state index in [9.17, 15) is 0 Å². The number of oxazole rings is 1. The number of hydrogen-bond donors (Lipinski definition) is 0. The van der Waals surface area contributed by atoms with Crippen LogP contribution >= 0.6 is 0 Å². The number of benzene rings is 9. The molecule has 2 heterocycles. The normalized spacial score (nSPS) is 11.6. The van der Waals surface area contributed by atoms with Crippen LogP contribution in [0.3, 0.4) is 0 Å². The number of hydrogen-bond acceptors (Lipinski definition) is 4. The van der Waals surface area contributed by atoms with E-state index < -0.39 is 0 Å². The Morgan fingerprint density at radius 1 is 0.382 bits per heavy atom. The molecule has 55 heavy (non-hydrogen) atoms. The minimum Gasteiger partial charge on any atom is -0.455 e. The zero-order chi connectivity index (χ0) is 36.3. The van der Waals surface area contributed by atoms with Gasteiger partial charge in [-0.1, -0.05) is 127 Å². The SMILES string of the molecule is c1ccc(-c2nc3c(-c4ccc(N(c5ccccc5)c5ccc(-c6cc7ccccc7c7ccccc67)cc5)cc4)c4oc5ccccc5c4cc3o2)cc1. The maximum absolute atomic E-state index is 6.58. The molecule has 0 spiro atoms. The van der Waals surface area contributed by atoms with Crippen LogP contribution in [0.1, 0.15) is 0 Å². The van der Waals surface area contributed by atoms with Gasteiger partial charge in [-0.05, 0) is 105 Å². The highest BCUT2D eigenvalue weighted by Crippen LogP contribution is 2.44. The molecule has 4 heteroatoms. The van der Waals surface area contributed by atoms with Gasteiger partial charge in [-0.15, -0.1) is 0 Å². The van der Waals surface area contributed by atoms with E-state index in [-0.39, 0.29) is 0 Å². The molecule has 0 N–H and O–H groups in total. The van der Waals surface area contributed by atoms with Crippen molar-refractivity contribution in [1.82, 2.24) is 4.98 Å². The van der Waals surface area contributed by atoms with Crippen molar-refractivity contribution in [3.63, 3.8) is 0 Å². The second kappa shape index (κ2) is 12.6. The molecule has 2 aromatic heterocycles. The molecule has 0 aliphatic heterocycles. The van der Waals surface area contributed by atoms with Gasteiger partial charge >= 0.3 is 0 Å². The molecule has 9 aromatic carbocycles. The maximum Gasteiger partial charge on any atom is 0.227 e. The van der Waals surface area contributed by atoms with E-state index in [0.29, 0.717) is 5.89 Å². The molecular formula is C51H32N2O2. The standard InChI is InChI=1S/C51H32N2O2/c1-3-13-35(14-4-1)51-52-49-47(55-51)32-45-43-21-11-12-22-46(43)54-50(45)48(49)34-25-29-39(30-26-34)53(37-16-5-2-6-17-37)38-27-23-33(24-28-38)44-31-36-15-7-8-18-40(36)41-19-9-10-20-42(41)44/h1-32H. The Morgan fingerprint density at radius 2 is 0.964 bits per heavy atom. The zero-order valence-electron chi connectivity index (χ0n) is 29.7. The van der Waals surface area contributed by atoms with Crippen LogP contribution in [0.4, 0.5) is 17.1 Å². The van der Waals surface area contributed by atoms with Crippen molar-refractivity contribution in [1.29, 1.82) is 0 Å². The number of nitrogens with zero attached hydrogens (tertiary/aromatic N) is 2. The highest BCUT2D eigenvalue weighted by Gasteiger charge is 2.22. The lowest BCUT2D eigenvalue weighted by Crippen LogP contribution is -2.09. The van der Waals surface area contributed by atoms with Crippen LogP contribution in [0.5, 0.6) is 0 Å². The lowest BCUT2D eigenvalue weighted by molar-refractivity contribution is 0.620. The van der Waals surface area contributed by atoms with E-state index in [1.54, 1.807) is 0 Å². The van der Waals surface area contributed by atoms with Gasteiger partial charge in [0.2, 0.25) is 5.89 Å². The summed E-state index contributed by atoms with van der Waals surface area (Å²) in [4.78, 5) is 7.36. The van der Waals surface area contributed by atoms with Gasteiger partial charge < -0.3 is 13.7 Å². The van der Waals surface area contributed by atoms with Gasteiger partial charge in [0.25, 0.3) is 0 Å². The molecule has 11 aromatic rings. The van der Waals surface area contributed by atoms with Crippen molar-refractivity contribution in [2.75, 3.05) is 4.90 Å². The summed E-state index contributed by atoms with van der Waals surface area (Å²) in [6, 6.07) is 68.0. The van der Waals surface area contributed by atoms with Gasteiger partial charge in [0.1, 0.15) is 16.7 Å². The first-order valence-corrected chi connectivity index (χ1v) is 18.5. The van der Waals surface area contributed by atoms with Crippen LogP contribution in [0.25, 0.3) is 88.3 Å². The summed E-state index contributed by atoms with van der Waals surface area (Å²) >= 11 is 0. The number of furan rings is 1. The van der Waals surface area contributed by atoms with E-state index >= 15 is 0 Å². The van der Waals surface area contributed by atoms with E-state index in [1.807, 2.05) is 48.5 Å². The van der Waals surface area contributed by atoms with Crippen LogP contribution in [0.2, 0.25) is 0 Å². The monoisotopic (exact) mass is 704 g/mol. The molecule has 0 saturated carbocycles. The highest BCUT2D eigenvalue weighted by molar-refractivity contribution is 6.17. The van der Waals surface area contributed by atoms with Crippen molar-refractivity contribution in [3.8, 4) is 33.7 Å². The quantitative estimate of drug-likeness (QED) is 0.162. The third-order valence-corrected chi connectivity index (χ3v) is 10.7. The van der Waals surface area contributed by atoms with Crippen LogP contribution in [-0.2, 0) is 0 Å². The molecule has 11 rings (SSSR count). The Balaban J connectivity index is 1.03. The van der Waals surface area contributed by atoms with E-state index in [1.165, 1.54) is 32.7 Å². The van der Waals surface area contributed by atoms with Gasteiger partial charge in [-0.2, -0.15) is 0 Å². The molecule has 0 fully saturated rings. The second-order valence-electron chi connectivity index (χ2n) is 13.9. The molecule has 0 bridgehead atoms. The fourth-order valence-corrected chi connectivity index (χ4v) is 8.10. The zero-order valence-corrected chi connectivity index (χ0v) is 29.7. The molecule has 0 aliphatic rings. The minimum atomic E-state index is 0.584. The maximum atomic E-state index is 6.58. The third-order valence-electron chi connectivity index (χ3n) is 10.7. The summed E-state index contributed by atoms with van der Waals surface area (Å²) in [5.41, 5.74) is 11.6. The summed E-state index contributed by atoms with van der Waals surface area (Å²) in [7, 11) is 0. The Morgan fingerprint density at radius 3 is 1.71 bits per heavy atom. The highest BCUT2D eigenvalue weighted by atomic mass is 16.4. The van der Waals surface area contributed by atoms with Crippen molar-refractivity contribution >= 4 is 71.6 Å². The predicted molar refractivity (Wildman–Crippen MR) is 227 cm³/mol. The smallest absolute Gasteiger partial charge is 0.227 e. The van der Waals surface area contributed by atoms with Gasteiger partial charge in [-0.25, -0.2) is 4.98 Å². The molecule has 4 nitrogen and oxygen atoms in total. The lowest BCUT2D eigenvalue weighted by atomic mass is 9.93. The van der Waals surface area contributed by atoms with E-state index in [0.717, 1.165) is 66.8 Å². The van der Waals surface area contributed by atoms with E-state index in [2.05, 4.69) is 150 Å². The Kier molecular flexibility index (Phi) is 7.14. The summed E-state index contributed by atoms with van der Waals surface area (Å²) in [5, 5.41) is 7.08. The molecule has 0 aliphatic carbocycles. The minimum absolute atomic E-state index is 0.584. The Hall–Kier alpha value is -7.43. The van der Waals surface area contributed by atoms with Gasteiger partial charge in [0, 0.05) is 33.4 Å². The van der Waals surface area contributed by atoms with Crippen molar-refractivity contribution in [2.45, 2.75) is 0 Å². The average molecular weight is 705 g/mol. The van der Waals surface area contributed by atoms with Crippen molar-refractivity contribution in [2.24, 2.45) is 0 Å². The molecule has 0 atom stereocenters. The largest absolute Gasteiger partial charge is 0.455 e. The number of aromatic nitrogens is 1. The summed E-state index contributed by atoms with van der Waals surface area (Å²) in [5.74, 6) is 0.584. The molecule has 0 unspecified atom stereocenters. The summed E-state index contributed by atoms with van der Waals surface area (Å²) in [6.45, 7) is 0. The van der Waals surface area contributed by atoms with Crippen molar-refractivity contribution in [3.05, 3.63) is 194 Å². The van der Waals surface area contributed by atoms with Crippen LogP contribution < -0.4 is 4.90 Å². The van der Waals surface area contributed by atoms with Crippen LogP contribution in [-0.4, -0.2) is 4.98 Å². The van der Waals surface area contributed by atoms with Gasteiger partial charge in [0.05, 0.1) is 5.56 Å².